The average Bonchev–Trinajstić information content (AvgIpc) is 2.76. The first-order chi connectivity index (χ1) is 14.8. The Bertz CT molecular complexity index is 883. The van der Waals surface area contributed by atoms with Gasteiger partial charge in [0.2, 0.25) is 0 Å². The summed E-state index contributed by atoms with van der Waals surface area (Å²) in [5.41, 5.74) is 2.35. The summed E-state index contributed by atoms with van der Waals surface area (Å²) >= 11 is 0. The van der Waals surface area contributed by atoms with E-state index >= 15 is 0 Å². The number of amides is 3. The number of hydrogen-bond donors (Lipinski definition) is 3. The summed E-state index contributed by atoms with van der Waals surface area (Å²) in [6, 6.07) is 15.1. The molecule has 0 radical (unpaired) electrons. The summed E-state index contributed by atoms with van der Waals surface area (Å²) in [6.45, 7) is 7.32. The quantitative estimate of drug-likeness (QED) is 0.514. The molecule has 2 aromatic carbocycles. The molecule has 3 amide bonds. The third-order valence-electron chi connectivity index (χ3n) is 4.96. The SMILES string of the molecule is CC[C@@H](C)c1ccccc1NC(=O)COC(=O)[C@@H](NC(=O)Nc1ccccc1)C(C)C. The van der Waals surface area contributed by atoms with E-state index in [1.54, 1.807) is 38.1 Å². The number of urea groups is 1. The fourth-order valence-corrected chi connectivity index (χ4v) is 3.00. The number of anilines is 2. The van der Waals surface area contributed by atoms with Gasteiger partial charge in [0.05, 0.1) is 0 Å². The number of carbonyl (C=O) groups excluding carboxylic acids is 3. The Kier molecular flexibility index (Phi) is 9.06. The number of benzene rings is 2. The van der Waals surface area contributed by atoms with Crippen LogP contribution in [0, 0.1) is 5.92 Å². The molecule has 0 spiro atoms. The third kappa shape index (κ3) is 7.44. The molecule has 7 nitrogen and oxygen atoms in total. The summed E-state index contributed by atoms with van der Waals surface area (Å²) in [5, 5.41) is 8.09. The molecule has 0 heterocycles. The molecular weight excluding hydrogens is 394 g/mol. The van der Waals surface area contributed by atoms with Gasteiger partial charge in [0, 0.05) is 11.4 Å². The van der Waals surface area contributed by atoms with Gasteiger partial charge in [0.1, 0.15) is 6.04 Å². The maximum absolute atomic E-state index is 12.5. The number of rotatable bonds is 9. The van der Waals surface area contributed by atoms with Crippen molar-refractivity contribution in [3.05, 3.63) is 60.2 Å². The van der Waals surface area contributed by atoms with E-state index in [0.29, 0.717) is 11.4 Å². The van der Waals surface area contributed by atoms with Crippen LogP contribution in [0.3, 0.4) is 0 Å². The molecule has 2 aromatic rings. The van der Waals surface area contributed by atoms with Crippen LogP contribution < -0.4 is 16.0 Å². The number of ether oxygens (including phenoxy) is 1. The zero-order valence-electron chi connectivity index (χ0n) is 18.5. The molecule has 166 valence electrons. The van der Waals surface area contributed by atoms with E-state index in [1.807, 2.05) is 30.3 Å². The Hall–Kier alpha value is -3.35. The van der Waals surface area contributed by atoms with Gasteiger partial charge in [0.25, 0.3) is 5.91 Å². The first kappa shape index (κ1) is 23.9. The molecule has 0 bridgehead atoms. The third-order valence-corrected chi connectivity index (χ3v) is 4.96. The molecule has 0 fully saturated rings. The Labute approximate surface area is 183 Å². The van der Waals surface area contributed by atoms with E-state index in [2.05, 4.69) is 29.8 Å². The lowest BCUT2D eigenvalue weighted by molar-refractivity contribution is -0.150. The zero-order valence-corrected chi connectivity index (χ0v) is 18.5. The summed E-state index contributed by atoms with van der Waals surface area (Å²) in [4.78, 5) is 37.1. The second-order valence-electron chi connectivity index (χ2n) is 7.74. The minimum atomic E-state index is -0.885. The minimum Gasteiger partial charge on any atom is -0.454 e. The van der Waals surface area contributed by atoms with E-state index in [0.717, 1.165) is 12.0 Å². The molecule has 0 saturated carbocycles. The van der Waals surface area contributed by atoms with Crippen LogP contribution in [-0.2, 0) is 14.3 Å². The lowest BCUT2D eigenvalue weighted by Crippen LogP contribution is -2.47. The van der Waals surface area contributed by atoms with Crippen molar-refractivity contribution in [2.45, 2.75) is 46.1 Å². The molecule has 2 rings (SSSR count). The number of nitrogens with one attached hydrogen (secondary N) is 3. The van der Waals surface area contributed by atoms with Crippen molar-refractivity contribution in [1.82, 2.24) is 5.32 Å². The molecule has 3 N–H and O–H groups in total. The van der Waals surface area contributed by atoms with Crippen molar-refractivity contribution in [2.24, 2.45) is 5.92 Å². The second-order valence-corrected chi connectivity index (χ2v) is 7.74. The van der Waals surface area contributed by atoms with E-state index in [1.165, 1.54) is 0 Å². The largest absolute Gasteiger partial charge is 0.454 e. The molecule has 0 aliphatic rings. The van der Waals surface area contributed by atoms with Crippen LogP contribution in [0.15, 0.2) is 54.6 Å². The first-order valence-electron chi connectivity index (χ1n) is 10.5. The van der Waals surface area contributed by atoms with Crippen molar-refractivity contribution in [2.75, 3.05) is 17.2 Å². The van der Waals surface area contributed by atoms with E-state index in [4.69, 9.17) is 4.74 Å². The van der Waals surface area contributed by atoms with Gasteiger partial charge in [-0.25, -0.2) is 9.59 Å². The summed E-state index contributed by atoms with van der Waals surface area (Å²) in [7, 11) is 0. The fourth-order valence-electron chi connectivity index (χ4n) is 3.00. The van der Waals surface area contributed by atoms with Crippen LogP contribution in [0.5, 0.6) is 0 Å². The van der Waals surface area contributed by atoms with Gasteiger partial charge in [-0.3, -0.25) is 4.79 Å². The molecule has 0 saturated heterocycles. The summed E-state index contributed by atoms with van der Waals surface area (Å²) in [6.07, 6.45) is 0.939. The normalized spacial score (nSPS) is 12.5. The average molecular weight is 426 g/mol. The maximum Gasteiger partial charge on any atom is 0.329 e. The van der Waals surface area contributed by atoms with Crippen LogP contribution in [-0.4, -0.2) is 30.6 Å². The minimum absolute atomic E-state index is 0.219. The monoisotopic (exact) mass is 425 g/mol. The van der Waals surface area contributed by atoms with Crippen LogP contribution in [0.2, 0.25) is 0 Å². The molecule has 2 atom stereocenters. The molecule has 0 aromatic heterocycles. The van der Waals surface area contributed by atoms with Gasteiger partial charge >= 0.3 is 12.0 Å². The van der Waals surface area contributed by atoms with Crippen molar-refractivity contribution < 1.29 is 19.1 Å². The van der Waals surface area contributed by atoms with Crippen LogP contribution >= 0.6 is 0 Å². The van der Waals surface area contributed by atoms with Crippen molar-refractivity contribution in [3.63, 3.8) is 0 Å². The summed E-state index contributed by atoms with van der Waals surface area (Å²) in [5.74, 6) is -1.02. The van der Waals surface area contributed by atoms with E-state index in [-0.39, 0.29) is 11.8 Å². The van der Waals surface area contributed by atoms with Crippen LogP contribution in [0.4, 0.5) is 16.2 Å². The summed E-state index contributed by atoms with van der Waals surface area (Å²) < 4.78 is 5.18. The van der Waals surface area contributed by atoms with Gasteiger partial charge in [-0.2, -0.15) is 0 Å². The van der Waals surface area contributed by atoms with Gasteiger partial charge in [0.15, 0.2) is 6.61 Å². The van der Waals surface area contributed by atoms with Crippen molar-refractivity contribution >= 4 is 29.3 Å². The number of esters is 1. The predicted octanol–water partition coefficient (Wildman–Crippen LogP) is 4.53. The standard InChI is InChI=1S/C24H31N3O4/c1-5-17(4)19-13-9-10-14-20(19)26-21(28)15-31-23(29)22(16(2)3)27-24(30)25-18-11-7-6-8-12-18/h6-14,16-17,22H,5,15H2,1-4H3,(H,26,28)(H2,25,27,30)/t17-,22+/m1/s1. The van der Waals surface area contributed by atoms with Gasteiger partial charge in [-0.1, -0.05) is 64.1 Å². The predicted molar refractivity (Wildman–Crippen MR) is 122 cm³/mol. The van der Waals surface area contributed by atoms with E-state index < -0.39 is 30.6 Å². The molecule has 7 heteroatoms. The maximum atomic E-state index is 12.5. The Balaban J connectivity index is 1.91. The Morgan fingerprint density at radius 2 is 1.55 bits per heavy atom. The molecule has 0 aliphatic heterocycles. The molecule has 0 unspecified atom stereocenters. The first-order valence-corrected chi connectivity index (χ1v) is 10.5. The highest BCUT2D eigenvalue weighted by Crippen LogP contribution is 2.26. The Morgan fingerprint density at radius 1 is 0.903 bits per heavy atom. The van der Waals surface area contributed by atoms with Gasteiger partial charge in [-0.15, -0.1) is 0 Å². The lowest BCUT2D eigenvalue weighted by atomic mass is 9.97. The van der Waals surface area contributed by atoms with E-state index in [9.17, 15) is 14.4 Å². The highest BCUT2D eigenvalue weighted by molar-refractivity contribution is 5.95. The zero-order chi connectivity index (χ0) is 22.8. The molecule has 31 heavy (non-hydrogen) atoms. The van der Waals surface area contributed by atoms with Crippen molar-refractivity contribution in [1.29, 1.82) is 0 Å². The Morgan fingerprint density at radius 3 is 2.19 bits per heavy atom. The number of carbonyl (C=O) groups is 3. The number of hydrogen-bond acceptors (Lipinski definition) is 4. The fraction of sp³-hybridized carbons (Fsp3) is 0.375. The topological polar surface area (TPSA) is 96.5 Å². The highest BCUT2D eigenvalue weighted by atomic mass is 16.5. The smallest absolute Gasteiger partial charge is 0.329 e. The van der Waals surface area contributed by atoms with Gasteiger partial charge < -0.3 is 20.7 Å². The molecule has 0 aliphatic carbocycles. The second kappa shape index (κ2) is 11.7. The highest BCUT2D eigenvalue weighted by Gasteiger charge is 2.26. The van der Waals surface area contributed by atoms with Crippen LogP contribution in [0.25, 0.3) is 0 Å². The molecular formula is C24H31N3O4. The van der Waals surface area contributed by atoms with Crippen molar-refractivity contribution in [3.8, 4) is 0 Å². The number of para-hydroxylation sites is 2. The van der Waals surface area contributed by atoms with Crippen LogP contribution in [0.1, 0.15) is 45.6 Å². The lowest BCUT2D eigenvalue weighted by Gasteiger charge is -2.21. The van der Waals surface area contributed by atoms with Gasteiger partial charge in [-0.05, 0) is 42.0 Å².